The standard InChI is InChI=1S/C20H24N2O4/c1-5-22-13(2)11-17(15(22)4)18(23)12-26-20(25)14(3)21-19(24)16-9-7-6-8-10-16/h6-11,14H,5,12H2,1-4H3,(H,21,24). The van der Waals surface area contributed by atoms with Gasteiger partial charge in [-0.15, -0.1) is 0 Å². The van der Waals surface area contributed by atoms with Gasteiger partial charge in [0.05, 0.1) is 0 Å². The van der Waals surface area contributed by atoms with Gasteiger partial charge in [-0.3, -0.25) is 9.59 Å². The van der Waals surface area contributed by atoms with Gasteiger partial charge in [0.2, 0.25) is 5.78 Å². The van der Waals surface area contributed by atoms with Gasteiger partial charge in [0.15, 0.2) is 6.61 Å². The maximum absolute atomic E-state index is 12.3. The number of amides is 1. The number of aryl methyl sites for hydroxylation is 1. The van der Waals surface area contributed by atoms with Crippen molar-refractivity contribution in [1.29, 1.82) is 0 Å². The Morgan fingerprint density at radius 1 is 1.15 bits per heavy atom. The number of esters is 1. The Kier molecular flexibility index (Phi) is 6.33. The van der Waals surface area contributed by atoms with E-state index in [-0.39, 0.29) is 18.3 Å². The summed E-state index contributed by atoms with van der Waals surface area (Å²) in [7, 11) is 0. The first-order valence-corrected chi connectivity index (χ1v) is 8.57. The molecule has 0 aliphatic heterocycles. The first kappa shape index (κ1) is 19.4. The van der Waals surface area contributed by atoms with Gasteiger partial charge in [0.25, 0.3) is 5.91 Å². The Balaban J connectivity index is 1.91. The van der Waals surface area contributed by atoms with Crippen molar-refractivity contribution in [2.24, 2.45) is 0 Å². The van der Waals surface area contributed by atoms with Crippen molar-refractivity contribution < 1.29 is 19.1 Å². The van der Waals surface area contributed by atoms with E-state index in [4.69, 9.17) is 4.74 Å². The van der Waals surface area contributed by atoms with Gasteiger partial charge in [-0.25, -0.2) is 4.79 Å². The van der Waals surface area contributed by atoms with Crippen LogP contribution in [0.25, 0.3) is 0 Å². The zero-order valence-corrected chi connectivity index (χ0v) is 15.5. The second-order valence-electron chi connectivity index (χ2n) is 6.12. The number of nitrogens with one attached hydrogen (secondary N) is 1. The van der Waals surface area contributed by atoms with E-state index in [2.05, 4.69) is 5.32 Å². The van der Waals surface area contributed by atoms with Crippen LogP contribution < -0.4 is 5.32 Å². The van der Waals surface area contributed by atoms with Gasteiger partial charge in [0.1, 0.15) is 6.04 Å². The Hall–Kier alpha value is -2.89. The number of hydrogen-bond donors (Lipinski definition) is 1. The fourth-order valence-corrected chi connectivity index (χ4v) is 2.84. The molecule has 1 N–H and O–H groups in total. The fraction of sp³-hybridized carbons (Fsp3) is 0.350. The molecule has 1 heterocycles. The Labute approximate surface area is 153 Å². The van der Waals surface area contributed by atoms with Gasteiger partial charge in [-0.05, 0) is 45.9 Å². The molecule has 1 aromatic heterocycles. The highest BCUT2D eigenvalue weighted by Crippen LogP contribution is 2.15. The number of Topliss-reactive ketones (excluding diaryl/α,β-unsaturated/α-hetero) is 1. The number of nitrogens with zero attached hydrogens (tertiary/aromatic N) is 1. The third kappa shape index (κ3) is 4.39. The predicted octanol–water partition coefficient (Wildman–Crippen LogP) is 2.67. The van der Waals surface area contributed by atoms with Crippen LogP contribution in [0.4, 0.5) is 0 Å². The van der Waals surface area contributed by atoms with Crippen molar-refractivity contribution in [3.63, 3.8) is 0 Å². The SMILES string of the molecule is CCn1c(C)cc(C(=O)COC(=O)C(C)NC(=O)c2ccccc2)c1C. The van der Waals surface area contributed by atoms with E-state index < -0.39 is 12.0 Å². The molecule has 1 aromatic carbocycles. The van der Waals surface area contributed by atoms with Crippen molar-refractivity contribution in [3.8, 4) is 0 Å². The summed E-state index contributed by atoms with van der Waals surface area (Å²) in [6.07, 6.45) is 0. The van der Waals surface area contributed by atoms with E-state index in [1.165, 1.54) is 6.92 Å². The van der Waals surface area contributed by atoms with E-state index >= 15 is 0 Å². The van der Waals surface area contributed by atoms with Crippen LogP contribution in [0.2, 0.25) is 0 Å². The van der Waals surface area contributed by atoms with Crippen molar-refractivity contribution in [2.45, 2.75) is 40.3 Å². The summed E-state index contributed by atoms with van der Waals surface area (Å²) >= 11 is 0. The summed E-state index contributed by atoms with van der Waals surface area (Å²) in [5.74, 6) is -1.27. The number of ketones is 1. The molecule has 0 aliphatic carbocycles. The summed E-state index contributed by atoms with van der Waals surface area (Å²) in [5.41, 5.74) is 2.85. The molecule has 0 radical (unpaired) electrons. The number of rotatable bonds is 7. The second-order valence-corrected chi connectivity index (χ2v) is 6.12. The van der Waals surface area contributed by atoms with E-state index in [1.807, 2.05) is 25.3 Å². The van der Waals surface area contributed by atoms with E-state index in [0.29, 0.717) is 11.1 Å². The molecule has 0 spiro atoms. The zero-order valence-electron chi connectivity index (χ0n) is 15.5. The van der Waals surface area contributed by atoms with Crippen LogP contribution in [0, 0.1) is 13.8 Å². The molecular formula is C20H24N2O4. The summed E-state index contributed by atoms with van der Waals surface area (Å²) in [5, 5.41) is 2.56. The molecule has 138 valence electrons. The summed E-state index contributed by atoms with van der Waals surface area (Å²) < 4.78 is 7.11. The molecule has 6 heteroatoms. The predicted molar refractivity (Wildman–Crippen MR) is 98.2 cm³/mol. The molecule has 1 atom stereocenters. The molecular weight excluding hydrogens is 332 g/mol. The number of aromatic nitrogens is 1. The lowest BCUT2D eigenvalue weighted by atomic mass is 10.1. The number of carbonyl (C=O) groups is 3. The monoisotopic (exact) mass is 356 g/mol. The Morgan fingerprint density at radius 2 is 1.81 bits per heavy atom. The molecule has 1 amide bonds. The number of carbonyl (C=O) groups excluding carboxylic acids is 3. The number of hydrogen-bond acceptors (Lipinski definition) is 4. The second kappa shape index (κ2) is 8.47. The highest BCUT2D eigenvalue weighted by atomic mass is 16.5. The van der Waals surface area contributed by atoms with E-state index in [0.717, 1.165) is 17.9 Å². The lowest BCUT2D eigenvalue weighted by Gasteiger charge is -2.13. The maximum atomic E-state index is 12.3. The average molecular weight is 356 g/mol. The Bertz CT molecular complexity index is 809. The van der Waals surface area contributed by atoms with Crippen LogP contribution in [0.3, 0.4) is 0 Å². The molecule has 0 bridgehead atoms. The quantitative estimate of drug-likeness (QED) is 0.611. The van der Waals surface area contributed by atoms with Crippen molar-refractivity contribution in [3.05, 3.63) is 58.9 Å². The number of benzene rings is 1. The first-order valence-electron chi connectivity index (χ1n) is 8.57. The van der Waals surface area contributed by atoms with Crippen LogP contribution in [0.5, 0.6) is 0 Å². The third-order valence-electron chi connectivity index (χ3n) is 4.27. The van der Waals surface area contributed by atoms with Crippen molar-refractivity contribution in [2.75, 3.05) is 6.61 Å². The molecule has 0 fully saturated rings. The lowest BCUT2D eigenvalue weighted by molar-refractivity contribution is -0.144. The maximum Gasteiger partial charge on any atom is 0.328 e. The lowest BCUT2D eigenvalue weighted by Crippen LogP contribution is -2.40. The van der Waals surface area contributed by atoms with Crippen molar-refractivity contribution >= 4 is 17.7 Å². The minimum Gasteiger partial charge on any atom is -0.456 e. The van der Waals surface area contributed by atoms with Gasteiger partial charge in [-0.2, -0.15) is 0 Å². The highest BCUT2D eigenvalue weighted by molar-refractivity contribution is 6.00. The third-order valence-corrected chi connectivity index (χ3v) is 4.27. The van der Waals surface area contributed by atoms with Crippen LogP contribution in [-0.4, -0.2) is 34.9 Å². The van der Waals surface area contributed by atoms with Crippen LogP contribution in [0.1, 0.15) is 46.0 Å². The van der Waals surface area contributed by atoms with Crippen LogP contribution >= 0.6 is 0 Å². The molecule has 0 saturated heterocycles. The summed E-state index contributed by atoms with van der Waals surface area (Å²) in [6, 6.07) is 9.54. The first-order chi connectivity index (χ1) is 12.3. The van der Waals surface area contributed by atoms with Gasteiger partial charge in [-0.1, -0.05) is 18.2 Å². The Morgan fingerprint density at radius 3 is 2.38 bits per heavy atom. The molecule has 0 saturated carbocycles. The van der Waals surface area contributed by atoms with Gasteiger partial charge >= 0.3 is 5.97 Å². The topological polar surface area (TPSA) is 77.4 Å². The van der Waals surface area contributed by atoms with Crippen molar-refractivity contribution in [1.82, 2.24) is 9.88 Å². The van der Waals surface area contributed by atoms with Gasteiger partial charge < -0.3 is 14.6 Å². The summed E-state index contributed by atoms with van der Waals surface area (Å²) in [6.45, 7) is 7.75. The zero-order chi connectivity index (χ0) is 19.3. The minimum atomic E-state index is -0.849. The largest absolute Gasteiger partial charge is 0.456 e. The van der Waals surface area contributed by atoms with E-state index in [9.17, 15) is 14.4 Å². The fourth-order valence-electron chi connectivity index (χ4n) is 2.84. The number of ether oxygens (including phenoxy) is 1. The average Bonchev–Trinajstić information content (AvgIpc) is 2.93. The molecule has 26 heavy (non-hydrogen) atoms. The van der Waals surface area contributed by atoms with Crippen LogP contribution in [0.15, 0.2) is 36.4 Å². The molecule has 1 unspecified atom stereocenters. The summed E-state index contributed by atoms with van der Waals surface area (Å²) in [4.78, 5) is 36.5. The normalized spacial score (nSPS) is 11.7. The molecule has 0 aliphatic rings. The van der Waals surface area contributed by atoms with E-state index in [1.54, 1.807) is 36.4 Å². The molecule has 2 aromatic rings. The van der Waals surface area contributed by atoms with Gasteiger partial charge in [0, 0.05) is 29.1 Å². The highest BCUT2D eigenvalue weighted by Gasteiger charge is 2.21. The molecule has 2 rings (SSSR count). The van der Waals surface area contributed by atoms with Crippen LogP contribution in [-0.2, 0) is 16.1 Å². The minimum absolute atomic E-state index is 0.257. The smallest absolute Gasteiger partial charge is 0.328 e. The molecule has 6 nitrogen and oxygen atoms in total.